The number of carbonyl (C=O) groups is 1. The Bertz CT molecular complexity index is 966. The van der Waals surface area contributed by atoms with Crippen LogP contribution in [-0.4, -0.2) is 24.2 Å². The Balaban J connectivity index is 1.35. The van der Waals surface area contributed by atoms with Crippen LogP contribution in [0.5, 0.6) is 11.5 Å². The Kier molecular flexibility index (Phi) is 5.21. The molecule has 0 spiro atoms. The summed E-state index contributed by atoms with van der Waals surface area (Å²) in [6.07, 6.45) is 3.70. The van der Waals surface area contributed by atoms with Crippen LogP contribution in [0.15, 0.2) is 42.6 Å². The maximum absolute atomic E-state index is 12.2. The molecule has 1 aliphatic heterocycles. The van der Waals surface area contributed by atoms with Crippen molar-refractivity contribution >= 4 is 28.5 Å². The first-order valence-electron chi connectivity index (χ1n) is 8.99. The molecule has 4 rings (SSSR count). The first-order valence-corrected chi connectivity index (χ1v) is 9.37. The molecule has 0 aliphatic carbocycles. The number of aromatic amines is 1. The molecule has 0 atom stereocenters. The number of para-hydroxylation sites is 1. The molecule has 6 heteroatoms. The molecule has 0 unspecified atom stereocenters. The van der Waals surface area contributed by atoms with Gasteiger partial charge in [0.15, 0.2) is 11.5 Å². The van der Waals surface area contributed by atoms with E-state index in [9.17, 15) is 4.79 Å². The second-order valence-electron chi connectivity index (χ2n) is 6.48. The number of nitrogens with one attached hydrogen (secondary N) is 1. The van der Waals surface area contributed by atoms with E-state index >= 15 is 0 Å². The van der Waals surface area contributed by atoms with Gasteiger partial charge < -0.3 is 19.2 Å². The number of ether oxygens (including phenoxy) is 3. The van der Waals surface area contributed by atoms with Gasteiger partial charge >= 0.3 is 5.97 Å². The predicted octanol–water partition coefficient (Wildman–Crippen LogP) is 4.66. The zero-order valence-corrected chi connectivity index (χ0v) is 15.6. The fraction of sp³-hybridized carbons (Fsp3) is 0.286. The summed E-state index contributed by atoms with van der Waals surface area (Å²) in [5, 5.41) is 1.61. The largest absolute Gasteiger partial charge is 0.489 e. The van der Waals surface area contributed by atoms with E-state index in [0.29, 0.717) is 42.6 Å². The smallest absolute Gasteiger partial charge is 0.306 e. The monoisotopic (exact) mass is 385 g/mol. The third kappa shape index (κ3) is 4.03. The third-order valence-corrected chi connectivity index (χ3v) is 4.82. The second kappa shape index (κ2) is 7.92. The molecule has 1 N–H and O–H groups in total. The molecule has 0 bridgehead atoms. The van der Waals surface area contributed by atoms with Gasteiger partial charge in [0.2, 0.25) is 0 Å². The van der Waals surface area contributed by atoms with Crippen LogP contribution in [0, 0.1) is 0 Å². The lowest BCUT2D eigenvalue weighted by molar-refractivity contribution is -0.144. The number of rotatable bonds is 5. The van der Waals surface area contributed by atoms with Crippen LogP contribution in [0.1, 0.15) is 24.0 Å². The summed E-state index contributed by atoms with van der Waals surface area (Å²) in [6.45, 7) is 1.31. The molecule has 27 heavy (non-hydrogen) atoms. The number of halogens is 1. The van der Waals surface area contributed by atoms with Gasteiger partial charge in [0.05, 0.1) is 18.2 Å². The van der Waals surface area contributed by atoms with E-state index in [-0.39, 0.29) is 12.6 Å². The van der Waals surface area contributed by atoms with Crippen molar-refractivity contribution in [2.75, 3.05) is 13.2 Å². The van der Waals surface area contributed by atoms with Crippen LogP contribution >= 0.6 is 11.6 Å². The number of aromatic nitrogens is 1. The molecule has 0 fully saturated rings. The molecule has 140 valence electrons. The van der Waals surface area contributed by atoms with Gasteiger partial charge in [-0.1, -0.05) is 29.8 Å². The van der Waals surface area contributed by atoms with Crippen molar-refractivity contribution in [3.05, 3.63) is 58.7 Å². The van der Waals surface area contributed by atoms with E-state index in [1.807, 2.05) is 36.5 Å². The molecular formula is C21H20ClNO4. The van der Waals surface area contributed by atoms with Gasteiger partial charge in [-0.15, -0.1) is 0 Å². The number of esters is 1. The van der Waals surface area contributed by atoms with Crippen molar-refractivity contribution in [3.63, 3.8) is 0 Å². The van der Waals surface area contributed by atoms with Crippen LogP contribution in [-0.2, 0) is 22.6 Å². The lowest BCUT2D eigenvalue weighted by Gasteiger charge is -2.12. The standard InChI is InChI=1S/C21H20ClNO4/c22-17-10-14(11-19-21(17)26-9-3-8-25-19)13-27-20(24)7-6-15-12-23-18-5-2-1-4-16(15)18/h1-2,4-5,10-12,23H,3,6-9,13H2. The van der Waals surface area contributed by atoms with Crippen molar-refractivity contribution in [1.82, 2.24) is 4.98 Å². The summed E-state index contributed by atoms with van der Waals surface area (Å²) in [5.74, 6) is 0.914. The summed E-state index contributed by atoms with van der Waals surface area (Å²) >= 11 is 6.27. The van der Waals surface area contributed by atoms with E-state index in [0.717, 1.165) is 28.5 Å². The predicted molar refractivity (Wildman–Crippen MR) is 103 cm³/mol. The highest BCUT2D eigenvalue weighted by molar-refractivity contribution is 6.32. The highest BCUT2D eigenvalue weighted by Crippen LogP contribution is 2.38. The van der Waals surface area contributed by atoms with Crippen molar-refractivity contribution in [2.45, 2.75) is 25.9 Å². The molecule has 2 aromatic carbocycles. The third-order valence-electron chi connectivity index (χ3n) is 4.54. The van der Waals surface area contributed by atoms with Gasteiger partial charge in [0, 0.05) is 29.9 Å². The number of hydrogen-bond acceptors (Lipinski definition) is 4. The molecule has 0 saturated heterocycles. The number of carbonyl (C=O) groups excluding carboxylic acids is 1. The topological polar surface area (TPSA) is 60.6 Å². The second-order valence-corrected chi connectivity index (χ2v) is 6.88. The molecule has 3 aromatic rings. The van der Waals surface area contributed by atoms with Crippen molar-refractivity contribution in [3.8, 4) is 11.5 Å². The zero-order chi connectivity index (χ0) is 18.6. The number of benzene rings is 2. The summed E-state index contributed by atoms with van der Waals surface area (Å²) in [6, 6.07) is 11.6. The van der Waals surface area contributed by atoms with Gasteiger partial charge in [-0.05, 0) is 35.7 Å². The summed E-state index contributed by atoms with van der Waals surface area (Å²) < 4.78 is 16.7. The minimum Gasteiger partial charge on any atom is -0.489 e. The summed E-state index contributed by atoms with van der Waals surface area (Å²) in [7, 11) is 0. The maximum atomic E-state index is 12.2. The van der Waals surface area contributed by atoms with Gasteiger partial charge in [-0.3, -0.25) is 4.79 Å². The Morgan fingerprint density at radius 2 is 2.04 bits per heavy atom. The number of fused-ring (bicyclic) bond motifs is 2. The first-order chi connectivity index (χ1) is 13.2. The Hall–Kier alpha value is -2.66. The highest BCUT2D eigenvalue weighted by atomic mass is 35.5. The quantitative estimate of drug-likeness (QED) is 0.649. The molecule has 1 aromatic heterocycles. The lowest BCUT2D eigenvalue weighted by Crippen LogP contribution is -2.06. The molecule has 2 heterocycles. The Labute approximate surface area is 162 Å². The van der Waals surface area contributed by atoms with Gasteiger partial charge in [0.1, 0.15) is 6.61 Å². The average molecular weight is 386 g/mol. The summed E-state index contributed by atoms with van der Waals surface area (Å²) in [4.78, 5) is 15.4. The van der Waals surface area contributed by atoms with E-state index in [4.69, 9.17) is 25.8 Å². The number of H-pyrrole nitrogens is 1. The lowest BCUT2D eigenvalue weighted by atomic mass is 10.1. The van der Waals surface area contributed by atoms with E-state index in [1.54, 1.807) is 6.07 Å². The van der Waals surface area contributed by atoms with Crippen LogP contribution in [0.2, 0.25) is 5.02 Å². The van der Waals surface area contributed by atoms with Gasteiger partial charge in [-0.2, -0.15) is 0 Å². The summed E-state index contributed by atoms with van der Waals surface area (Å²) in [5.41, 5.74) is 2.97. The molecule has 0 amide bonds. The Morgan fingerprint density at radius 1 is 1.19 bits per heavy atom. The average Bonchev–Trinajstić information content (AvgIpc) is 2.93. The van der Waals surface area contributed by atoms with Crippen molar-refractivity contribution in [2.24, 2.45) is 0 Å². The van der Waals surface area contributed by atoms with Crippen LogP contribution in [0.4, 0.5) is 0 Å². The fourth-order valence-corrected chi connectivity index (χ4v) is 3.47. The molecule has 5 nitrogen and oxygen atoms in total. The molecule has 0 saturated carbocycles. The molecular weight excluding hydrogens is 366 g/mol. The molecule has 0 radical (unpaired) electrons. The Morgan fingerprint density at radius 3 is 2.96 bits per heavy atom. The van der Waals surface area contributed by atoms with Crippen molar-refractivity contribution in [1.29, 1.82) is 0 Å². The number of hydrogen-bond donors (Lipinski definition) is 1. The SMILES string of the molecule is O=C(CCc1c[nH]c2ccccc12)OCc1cc(Cl)c2c(c1)OCCCO2. The first kappa shape index (κ1) is 17.7. The van der Waals surface area contributed by atoms with Crippen LogP contribution < -0.4 is 9.47 Å². The van der Waals surface area contributed by atoms with E-state index in [1.165, 1.54) is 0 Å². The zero-order valence-electron chi connectivity index (χ0n) is 14.8. The minimum atomic E-state index is -0.247. The van der Waals surface area contributed by atoms with Crippen molar-refractivity contribution < 1.29 is 19.0 Å². The number of aryl methyl sites for hydroxylation is 1. The normalized spacial score (nSPS) is 13.4. The fourth-order valence-electron chi connectivity index (χ4n) is 3.18. The van der Waals surface area contributed by atoms with E-state index < -0.39 is 0 Å². The van der Waals surface area contributed by atoms with Crippen LogP contribution in [0.25, 0.3) is 10.9 Å². The van der Waals surface area contributed by atoms with Crippen LogP contribution in [0.3, 0.4) is 0 Å². The minimum absolute atomic E-state index is 0.156. The van der Waals surface area contributed by atoms with E-state index in [2.05, 4.69) is 4.98 Å². The maximum Gasteiger partial charge on any atom is 0.306 e. The van der Waals surface area contributed by atoms with Gasteiger partial charge in [0.25, 0.3) is 0 Å². The highest BCUT2D eigenvalue weighted by Gasteiger charge is 2.16. The van der Waals surface area contributed by atoms with Gasteiger partial charge in [-0.25, -0.2) is 0 Å². The molecule has 1 aliphatic rings.